The van der Waals surface area contributed by atoms with Crippen molar-refractivity contribution < 1.29 is 4.39 Å². The lowest BCUT2D eigenvalue weighted by molar-refractivity contribution is 0.379. The molecule has 0 unspecified atom stereocenters. The Balaban J connectivity index is 2.06. The van der Waals surface area contributed by atoms with E-state index in [0.29, 0.717) is 29.9 Å². The number of fused-ring (bicyclic) bond motifs is 1. The summed E-state index contributed by atoms with van der Waals surface area (Å²) in [6, 6.07) is 9.61. The molecule has 0 aliphatic carbocycles. The maximum Gasteiger partial charge on any atom is 0.263 e. The predicted molar refractivity (Wildman–Crippen MR) is 97.7 cm³/mol. The van der Waals surface area contributed by atoms with E-state index in [2.05, 4.69) is 9.97 Å². The molecule has 1 aromatic carbocycles. The standard InChI is InChI=1S/C19H19FN4O/c1-23(2)12-13-24-17(10-7-14-5-8-15(20)9-6-14)22-18-16(19(24)25)4-3-11-21-18/h3-11H,12-13H2,1-2H3/b10-7+. The van der Waals surface area contributed by atoms with Crippen molar-refractivity contribution in [2.45, 2.75) is 6.54 Å². The number of hydrogen-bond acceptors (Lipinski definition) is 4. The predicted octanol–water partition coefficient (Wildman–Crippen LogP) is 2.66. The highest BCUT2D eigenvalue weighted by atomic mass is 19.1. The molecule has 25 heavy (non-hydrogen) atoms. The van der Waals surface area contributed by atoms with Crippen LogP contribution in [-0.4, -0.2) is 40.1 Å². The van der Waals surface area contributed by atoms with Gasteiger partial charge in [-0.15, -0.1) is 0 Å². The summed E-state index contributed by atoms with van der Waals surface area (Å²) in [7, 11) is 3.91. The first kappa shape index (κ1) is 17.0. The molecule has 3 rings (SSSR count). The van der Waals surface area contributed by atoms with Crippen molar-refractivity contribution in [1.82, 2.24) is 19.4 Å². The molecule has 128 valence electrons. The monoisotopic (exact) mass is 338 g/mol. The quantitative estimate of drug-likeness (QED) is 0.718. The van der Waals surface area contributed by atoms with Crippen LogP contribution in [0.25, 0.3) is 23.2 Å². The highest BCUT2D eigenvalue weighted by molar-refractivity contribution is 5.75. The Morgan fingerprint density at radius 3 is 2.64 bits per heavy atom. The van der Waals surface area contributed by atoms with Crippen molar-refractivity contribution in [3.05, 3.63) is 70.2 Å². The molecule has 5 nitrogen and oxygen atoms in total. The molecular weight excluding hydrogens is 319 g/mol. The zero-order chi connectivity index (χ0) is 17.8. The van der Waals surface area contributed by atoms with Crippen LogP contribution in [0.1, 0.15) is 11.4 Å². The number of hydrogen-bond donors (Lipinski definition) is 0. The zero-order valence-electron chi connectivity index (χ0n) is 14.2. The molecule has 0 radical (unpaired) electrons. The fraction of sp³-hybridized carbons (Fsp3) is 0.211. The van der Waals surface area contributed by atoms with Gasteiger partial charge in [-0.1, -0.05) is 18.2 Å². The molecule has 0 atom stereocenters. The summed E-state index contributed by atoms with van der Waals surface area (Å²) in [6.07, 6.45) is 5.19. The van der Waals surface area contributed by atoms with Gasteiger partial charge in [0.15, 0.2) is 5.65 Å². The molecule has 0 saturated heterocycles. The van der Waals surface area contributed by atoms with Crippen LogP contribution in [-0.2, 0) is 6.54 Å². The van der Waals surface area contributed by atoms with Gasteiger partial charge in [0.25, 0.3) is 5.56 Å². The van der Waals surface area contributed by atoms with Gasteiger partial charge in [0.05, 0.1) is 5.39 Å². The van der Waals surface area contributed by atoms with Crippen molar-refractivity contribution in [1.29, 1.82) is 0 Å². The molecule has 3 aromatic rings. The summed E-state index contributed by atoms with van der Waals surface area (Å²) in [5.41, 5.74) is 1.14. The van der Waals surface area contributed by atoms with Gasteiger partial charge in [-0.3, -0.25) is 9.36 Å². The third-order valence-electron chi connectivity index (χ3n) is 3.82. The van der Waals surface area contributed by atoms with Crippen molar-refractivity contribution in [2.75, 3.05) is 20.6 Å². The lowest BCUT2D eigenvalue weighted by Crippen LogP contribution is -2.29. The maximum atomic E-state index is 13.0. The number of aromatic nitrogens is 3. The largest absolute Gasteiger partial charge is 0.308 e. The van der Waals surface area contributed by atoms with Crippen LogP contribution in [0.3, 0.4) is 0 Å². The van der Waals surface area contributed by atoms with Gasteiger partial charge >= 0.3 is 0 Å². The Morgan fingerprint density at radius 2 is 1.92 bits per heavy atom. The molecule has 0 fully saturated rings. The Hall–Kier alpha value is -2.86. The van der Waals surface area contributed by atoms with Crippen LogP contribution < -0.4 is 5.56 Å². The second-order valence-corrected chi connectivity index (χ2v) is 5.99. The average molecular weight is 338 g/mol. The van der Waals surface area contributed by atoms with Crippen LogP contribution >= 0.6 is 0 Å². The number of nitrogens with zero attached hydrogens (tertiary/aromatic N) is 4. The number of halogens is 1. The second-order valence-electron chi connectivity index (χ2n) is 5.99. The Labute approximate surface area is 145 Å². The SMILES string of the molecule is CN(C)CCn1c(/C=C/c2ccc(F)cc2)nc2ncccc2c1=O. The molecule has 0 N–H and O–H groups in total. The van der Waals surface area contributed by atoms with E-state index < -0.39 is 0 Å². The molecule has 0 saturated carbocycles. The molecule has 0 spiro atoms. The van der Waals surface area contributed by atoms with Crippen molar-refractivity contribution in [3.8, 4) is 0 Å². The van der Waals surface area contributed by atoms with E-state index in [1.165, 1.54) is 12.1 Å². The van der Waals surface area contributed by atoms with E-state index in [4.69, 9.17) is 0 Å². The van der Waals surface area contributed by atoms with Crippen molar-refractivity contribution in [3.63, 3.8) is 0 Å². The normalized spacial score (nSPS) is 11.7. The maximum absolute atomic E-state index is 13.0. The molecule has 0 bridgehead atoms. The summed E-state index contributed by atoms with van der Waals surface area (Å²) in [6.45, 7) is 1.23. The van der Waals surface area contributed by atoms with E-state index in [-0.39, 0.29) is 11.4 Å². The summed E-state index contributed by atoms with van der Waals surface area (Å²) in [5.74, 6) is 0.246. The zero-order valence-corrected chi connectivity index (χ0v) is 14.2. The smallest absolute Gasteiger partial charge is 0.263 e. The Kier molecular flexibility index (Phi) is 5.00. The minimum atomic E-state index is -0.284. The molecule has 6 heteroatoms. The van der Waals surface area contributed by atoms with Gasteiger partial charge in [0.1, 0.15) is 11.6 Å². The minimum absolute atomic E-state index is 0.112. The fourth-order valence-corrected chi connectivity index (χ4v) is 2.46. The van der Waals surface area contributed by atoms with Gasteiger partial charge in [-0.2, -0.15) is 0 Å². The van der Waals surface area contributed by atoms with E-state index >= 15 is 0 Å². The fourth-order valence-electron chi connectivity index (χ4n) is 2.46. The van der Waals surface area contributed by atoms with Crippen LogP contribution in [0.4, 0.5) is 4.39 Å². The van der Waals surface area contributed by atoms with Crippen LogP contribution in [0.2, 0.25) is 0 Å². The highest BCUT2D eigenvalue weighted by Crippen LogP contribution is 2.10. The summed E-state index contributed by atoms with van der Waals surface area (Å²) >= 11 is 0. The van der Waals surface area contributed by atoms with Crippen LogP contribution in [0.5, 0.6) is 0 Å². The third kappa shape index (κ3) is 3.97. The Morgan fingerprint density at radius 1 is 1.16 bits per heavy atom. The number of likely N-dealkylation sites (N-methyl/N-ethyl adjacent to an activating group) is 1. The van der Waals surface area contributed by atoms with Gasteiger partial charge in [0, 0.05) is 19.3 Å². The molecule has 0 amide bonds. The molecule has 0 aliphatic heterocycles. The van der Waals surface area contributed by atoms with Gasteiger partial charge in [-0.05, 0) is 50.0 Å². The lowest BCUT2D eigenvalue weighted by Gasteiger charge is -2.14. The molecule has 0 aliphatic rings. The van der Waals surface area contributed by atoms with Crippen molar-refractivity contribution in [2.24, 2.45) is 0 Å². The first-order chi connectivity index (χ1) is 12.0. The second kappa shape index (κ2) is 7.36. The average Bonchev–Trinajstić information content (AvgIpc) is 2.60. The van der Waals surface area contributed by atoms with E-state index in [1.807, 2.05) is 25.1 Å². The molecule has 2 aromatic heterocycles. The number of pyridine rings is 1. The van der Waals surface area contributed by atoms with Gasteiger partial charge in [0.2, 0.25) is 0 Å². The van der Waals surface area contributed by atoms with E-state index in [9.17, 15) is 9.18 Å². The van der Waals surface area contributed by atoms with Gasteiger partial charge in [-0.25, -0.2) is 14.4 Å². The topological polar surface area (TPSA) is 51.0 Å². The minimum Gasteiger partial charge on any atom is -0.308 e. The first-order valence-electron chi connectivity index (χ1n) is 7.98. The number of rotatable bonds is 5. The van der Waals surface area contributed by atoms with E-state index in [0.717, 1.165) is 5.56 Å². The van der Waals surface area contributed by atoms with Crippen LogP contribution in [0.15, 0.2) is 47.4 Å². The highest BCUT2D eigenvalue weighted by Gasteiger charge is 2.10. The van der Waals surface area contributed by atoms with Crippen LogP contribution in [0, 0.1) is 5.82 Å². The third-order valence-corrected chi connectivity index (χ3v) is 3.82. The van der Waals surface area contributed by atoms with Gasteiger partial charge < -0.3 is 4.90 Å². The lowest BCUT2D eigenvalue weighted by atomic mass is 10.2. The summed E-state index contributed by atoms with van der Waals surface area (Å²) < 4.78 is 14.7. The summed E-state index contributed by atoms with van der Waals surface area (Å²) in [4.78, 5) is 23.5. The Bertz CT molecular complexity index is 961. The van der Waals surface area contributed by atoms with Crippen molar-refractivity contribution >= 4 is 23.2 Å². The first-order valence-corrected chi connectivity index (χ1v) is 7.98. The molecule has 2 heterocycles. The number of benzene rings is 1. The van der Waals surface area contributed by atoms with E-state index in [1.54, 1.807) is 41.1 Å². The summed E-state index contributed by atoms with van der Waals surface area (Å²) in [5, 5.41) is 0.500. The molecular formula is C19H19FN4O.